The lowest BCUT2D eigenvalue weighted by molar-refractivity contribution is 0.196. The molecule has 0 atom stereocenters. The fourth-order valence-electron chi connectivity index (χ4n) is 4.47. The molecule has 0 saturated heterocycles. The van der Waals surface area contributed by atoms with E-state index in [1.807, 2.05) is 41.9 Å². The second kappa shape index (κ2) is 10.1. The van der Waals surface area contributed by atoms with Gasteiger partial charge >= 0.3 is 0 Å². The van der Waals surface area contributed by atoms with E-state index < -0.39 is 0 Å². The van der Waals surface area contributed by atoms with Gasteiger partial charge in [-0.15, -0.1) is 23.7 Å². The molecule has 1 aliphatic rings. The van der Waals surface area contributed by atoms with Crippen LogP contribution in [0.5, 0.6) is 5.75 Å². The monoisotopic (exact) mass is 505 g/mol. The topological polar surface area (TPSA) is 71.1 Å². The number of aromatic nitrogens is 1. The number of pyridine rings is 1. The highest BCUT2D eigenvalue weighted by molar-refractivity contribution is 7.17. The number of hydrogen-bond donors (Lipinski definition) is 1. The van der Waals surface area contributed by atoms with Gasteiger partial charge in [0.2, 0.25) is 0 Å². The zero-order valence-electron chi connectivity index (χ0n) is 18.9. The molecule has 0 fully saturated rings. The highest BCUT2D eigenvalue weighted by Gasteiger charge is 2.15. The number of halogens is 1. The fraction of sp³-hybridized carbons (Fsp3) is 0.185. The van der Waals surface area contributed by atoms with Crippen LogP contribution in [0.3, 0.4) is 0 Å². The molecule has 4 heterocycles. The standard InChI is InChI=1S/C27H23N3O3S.ClH/c31-29-23-14-26(24-15-27-19(16-28-24)8-12-34-27)33-25-6-5-21(13-22(23)25)32-11-10-30-9-7-18-3-1-2-4-20(18)17-30;/h1-6,8,12-16,31H,7,9-11,17H2;1H/b29-23-;. The predicted molar refractivity (Wildman–Crippen MR) is 140 cm³/mol. The number of rotatable bonds is 5. The van der Waals surface area contributed by atoms with Gasteiger partial charge in [-0.1, -0.05) is 29.4 Å². The Hall–Kier alpha value is -3.39. The van der Waals surface area contributed by atoms with Gasteiger partial charge in [0, 0.05) is 42.0 Å². The molecule has 6 rings (SSSR count). The average Bonchev–Trinajstić information content (AvgIpc) is 3.36. The molecule has 1 aliphatic heterocycles. The summed E-state index contributed by atoms with van der Waals surface area (Å²) in [6.07, 6.45) is 2.90. The van der Waals surface area contributed by atoms with Gasteiger partial charge in [-0.05, 0) is 53.3 Å². The van der Waals surface area contributed by atoms with Crippen molar-refractivity contribution in [1.82, 2.24) is 9.88 Å². The smallest absolute Gasteiger partial charge is 0.155 e. The summed E-state index contributed by atoms with van der Waals surface area (Å²) in [6, 6.07) is 20.0. The maximum atomic E-state index is 9.68. The lowest BCUT2D eigenvalue weighted by Gasteiger charge is -2.28. The molecule has 0 aliphatic carbocycles. The Balaban J connectivity index is 0.00000253. The average molecular weight is 506 g/mol. The van der Waals surface area contributed by atoms with E-state index in [-0.39, 0.29) is 12.4 Å². The number of ether oxygens (including phenoxy) is 1. The van der Waals surface area contributed by atoms with Crippen LogP contribution in [-0.4, -0.2) is 34.8 Å². The van der Waals surface area contributed by atoms with Crippen LogP contribution in [0.2, 0.25) is 0 Å². The first-order chi connectivity index (χ1) is 16.8. The van der Waals surface area contributed by atoms with Gasteiger partial charge < -0.3 is 14.4 Å². The van der Waals surface area contributed by atoms with Crippen molar-refractivity contribution >= 4 is 44.8 Å². The number of nitrogens with zero attached hydrogens (tertiary/aromatic N) is 3. The molecule has 6 nitrogen and oxygen atoms in total. The van der Waals surface area contributed by atoms with Crippen molar-refractivity contribution < 1.29 is 14.4 Å². The quantitative estimate of drug-likeness (QED) is 0.239. The first-order valence-corrected chi connectivity index (χ1v) is 12.2. The number of benzene rings is 2. The van der Waals surface area contributed by atoms with Crippen LogP contribution in [0.4, 0.5) is 0 Å². The van der Waals surface area contributed by atoms with E-state index >= 15 is 0 Å². The summed E-state index contributed by atoms with van der Waals surface area (Å²) >= 11 is 1.65. The molecule has 0 unspecified atom stereocenters. The summed E-state index contributed by atoms with van der Waals surface area (Å²) in [5.74, 6) is 1.27. The molecule has 35 heavy (non-hydrogen) atoms. The van der Waals surface area contributed by atoms with Gasteiger partial charge in [-0.3, -0.25) is 9.88 Å². The van der Waals surface area contributed by atoms with Gasteiger partial charge in [0.05, 0.1) is 5.39 Å². The molecule has 0 amide bonds. The maximum Gasteiger partial charge on any atom is 0.155 e. The third-order valence-corrected chi connectivity index (χ3v) is 7.18. The summed E-state index contributed by atoms with van der Waals surface area (Å²) in [5, 5.41) is 17.4. The SMILES string of the molecule is Cl.O/N=c1/cc(-c2cc3sccc3cn2)oc2ccc(OCCN3CCc4ccccc4C3)cc12. The summed E-state index contributed by atoms with van der Waals surface area (Å²) < 4.78 is 13.3. The van der Waals surface area contributed by atoms with Crippen LogP contribution >= 0.6 is 23.7 Å². The fourth-order valence-corrected chi connectivity index (χ4v) is 5.27. The molecule has 0 bridgehead atoms. The Kier molecular flexibility index (Phi) is 6.72. The molecule has 1 N–H and O–H groups in total. The van der Waals surface area contributed by atoms with Gasteiger partial charge in [0.25, 0.3) is 0 Å². The summed E-state index contributed by atoms with van der Waals surface area (Å²) in [7, 11) is 0. The van der Waals surface area contributed by atoms with E-state index in [0.717, 1.165) is 41.9 Å². The van der Waals surface area contributed by atoms with Crippen molar-refractivity contribution in [3.8, 4) is 17.2 Å². The lowest BCUT2D eigenvalue weighted by Crippen LogP contribution is -2.33. The number of thiophene rings is 1. The van der Waals surface area contributed by atoms with Crippen LogP contribution in [0, 0.1) is 0 Å². The van der Waals surface area contributed by atoms with Crippen LogP contribution in [0.25, 0.3) is 32.5 Å². The van der Waals surface area contributed by atoms with E-state index in [0.29, 0.717) is 34.4 Å². The summed E-state index contributed by atoms with van der Waals surface area (Å²) in [5.41, 5.74) is 4.16. The van der Waals surface area contributed by atoms with Gasteiger partial charge in [0.1, 0.15) is 29.0 Å². The van der Waals surface area contributed by atoms with E-state index in [2.05, 4.69) is 39.3 Å². The Morgan fingerprint density at radius 1 is 1.09 bits per heavy atom. The van der Waals surface area contributed by atoms with Crippen molar-refractivity contribution in [2.75, 3.05) is 19.7 Å². The minimum Gasteiger partial charge on any atom is -0.492 e. The highest BCUT2D eigenvalue weighted by atomic mass is 35.5. The van der Waals surface area contributed by atoms with E-state index in [1.54, 1.807) is 17.4 Å². The largest absolute Gasteiger partial charge is 0.492 e. The molecular formula is C27H24ClN3O3S. The zero-order valence-corrected chi connectivity index (χ0v) is 20.5. The van der Waals surface area contributed by atoms with Gasteiger partial charge in [-0.2, -0.15) is 0 Å². The molecule has 0 spiro atoms. The summed E-state index contributed by atoms with van der Waals surface area (Å²) in [4.78, 5) is 6.92. The molecule has 178 valence electrons. The summed E-state index contributed by atoms with van der Waals surface area (Å²) in [6.45, 7) is 3.43. The molecular weight excluding hydrogens is 482 g/mol. The molecule has 0 saturated carbocycles. The van der Waals surface area contributed by atoms with Crippen molar-refractivity contribution in [2.24, 2.45) is 5.16 Å². The third-order valence-electron chi connectivity index (χ3n) is 6.30. The second-order valence-corrected chi connectivity index (χ2v) is 9.37. The normalized spacial score (nSPS) is 14.1. The molecule has 2 aromatic carbocycles. The van der Waals surface area contributed by atoms with Gasteiger partial charge in [0.15, 0.2) is 5.76 Å². The lowest BCUT2D eigenvalue weighted by atomic mass is 10.0. The Morgan fingerprint density at radius 3 is 2.86 bits per heavy atom. The van der Waals surface area contributed by atoms with Crippen molar-refractivity contribution in [3.63, 3.8) is 0 Å². The first-order valence-electron chi connectivity index (χ1n) is 11.3. The van der Waals surface area contributed by atoms with Gasteiger partial charge in [-0.25, -0.2) is 0 Å². The molecule has 3 aromatic heterocycles. The van der Waals surface area contributed by atoms with Crippen LogP contribution in [0.15, 0.2) is 81.8 Å². The van der Waals surface area contributed by atoms with E-state index in [4.69, 9.17) is 9.15 Å². The predicted octanol–water partition coefficient (Wildman–Crippen LogP) is 5.86. The molecule has 0 radical (unpaired) electrons. The number of hydrogen-bond acceptors (Lipinski definition) is 7. The third kappa shape index (κ3) is 4.75. The van der Waals surface area contributed by atoms with E-state index in [1.165, 1.54) is 11.1 Å². The zero-order chi connectivity index (χ0) is 22.9. The maximum absolute atomic E-state index is 9.68. The van der Waals surface area contributed by atoms with Crippen LogP contribution in [0.1, 0.15) is 11.1 Å². The number of fused-ring (bicyclic) bond motifs is 3. The Labute approximate surface area is 212 Å². The van der Waals surface area contributed by atoms with Crippen molar-refractivity contribution in [2.45, 2.75) is 13.0 Å². The molecule has 8 heteroatoms. The van der Waals surface area contributed by atoms with Crippen LogP contribution in [-0.2, 0) is 13.0 Å². The van der Waals surface area contributed by atoms with Crippen molar-refractivity contribution in [3.05, 3.63) is 88.7 Å². The Morgan fingerprint density at radius 2 is 1.97 bits per heavy atom. The Bertz CT molecular complexity index is 1560. The first kappa shape index (κ1) is 23.4. The van der Waals surface area contributed by atoms with E-state index in [9.17, 15) is 5.21 Å². The minimum atomic E-state index is 0. The second-order valence-electron chi connectivity index (χ2n) is 8.43. The van der Waals surface area contributed by atoms with Crippen LogP contribution < -0.4 is 10.1 Å². The molecule has 5 aromatic rings. The minimum absolute atomic E-state index is 0. The van der Waals surface area contributed by atoms with Crippen molar-refractivity contribution in [1.29, 1.82) is 0 Å². The highest BCUT2D eigenvalue weighted by Crippen LogP contribution is 2.28.